The molecule has 3 heteroatoms. The molecule has 0 atom stereocenters. The van der Waals surface area contributed by atoms with Gasteiger partial charge in [-0.2, -0.15) is 5.26 Å². The fourth-order valence-corrected chi connectivity index (χ4v) is 2.16. The zero-order valence-corrected chi connectivity index (χ0v) is 12.9. The van der Waals surface area contributed by atoms with Crippen LogP contribution in [-0.4, -0.2) is 6.61 Å². The van der Waals surface area contributed by atoms with Crippen LogP contribution in [0.3, 0.4) is 0 Å². The van der Waals surface area contributed by atoms with Crippen LogP contribution >= 0.6 is 15.9 Å². The number of ether oxygens (including phenoxy) is 1. The molecule has 2 nitrogen and oxygen atoms in total. The molecular weight excluding hydrogens is 290 g/mol. The van der Waals surface area contributed by atoms with Crippen molar-refractivity contribution < 1.29 is 4.74 Å². The van der Waals surface area contributed by atoms with E-state index < -0.39 is 0 Å². The van der Waals surface area contributed by atoms with Crippen molar-refractivity contribution in [1.29, 1.82) is 5.26 Å². The van der Waals surface area contributed by atoms with E-state index >= 15 is 0 Å². The van der Waals surface area contributed by atoms with Gasteiger partial charge in [0.1, 0.15) is 5.75 Å². The van der Waals surface area contributed by atoms with Gasteiger partial charge in [-0.25, -0.2) is 0 Å². The molecule has 0 aliphatic rings. The first-order chi connectivity index (χ1) is 8.44. The quantitative estimate of drug-likeness (QED) is 0.703. The van der Waals surface area contributed by atoms with Crippen LogP contribution in [0.4, 0.5) is 0 Å². The second-order valence-electron chi connectivity index (χ2n) is 5.21. The highest BCUT2D eigenvalue weighted by atomic mass is 79.9. The first-order valence-electron chi connectivity index (χ1n) is 6.25. The summed E-state index contributed by atoms with van der Waals surface area (Å²) in [6.07, 6.45) is 2.93. The van der Waals surface area contributed by atoms with Gasteiger partial charge in [0.25, 0.3) is 0 Å². The summed E-state index contributed by atoms with van der Waals surface area (Å²) in [5.41, 5.74) is 0.926. The van der Waals surface area contributed by atoms with Gasteiger partial charge in [-0.05, 0) is 63.8 Å². The summed E-state index contributed by atoms with van der Waals surface area (Å²) in [6.45, 7) is 6.71. The second kappa shape index (κ2) is 6.80. The molecule has 0 saturated heterocycles. The molecule has 0 bridgehead atoms. The summed E-state index contributed by atoms with van der Waals surface area (Å²) in [6, 6.07) is 8.34. The molecule has 0 aromatic heterocycles. The molecule has 0 radical (unpaired) electrons. The van der Waals surface area contributed by atoms with E-state index in [2.05, 4.69) is 22.0 Å². The molecule has 0 fully saturated rings. The number of aryl methyl sites for hydroxylation is 1. The van der Waals surface area contributed by atoms with Crippen LogP contribution in [0.1, 0.15) is 38.7 Å². The standard InChI is InChI=1S/C15H20BrNO/c1-12-10-13(16)6-7-14(12)18-9-5-4-8-15(2,3)11-17/h6-7,10H,4-5,8-9H2,1-3H3. The zero-order valence-electron chi connectivity index (χ0n) is 11.3. The fraction of sp³-hybridized carbons (Fsp3) is 0.533. The third-order valence-corrected chi connectivity index (χ3v) is 3.39. The number of nitrogens with zero attached hydrogens (tertiary/aromatic N) is 1. The molecule has 1 aromatic carbocycles. The van der Waals surface area contributed by atoms with E-state index in [9.17, 15) is 0 Å². The summed E-state index contributed by atoms with van der Waals surface area (Å²) in [7, 11) is 0. The maximum atomic E-state index is 8.91. The van der Waals surface area contributed by atoms with Crippen LogP contribution in [0.15, 0.2) is 22.7 Å². The highest BCUT2D eigenvalue weighted by Crippen LogP contribution is 2.24. The van der Waals surface area contributed by atoms with Crippen LogP contribution in [0.2, 0.25) is 0 Å². The Hall–Kier alpha value is -1.01. The third-order valence-electron chi connectivity index (χ3n) is 2.89. The van der Waals surface area contributed by atoms with Crippen molar-refractivity contribution in [3.05, 3.63) is 28.2 Å². The summed E-state index contributed by atoms with van der Waals surface area (Å²) < 4.78 is 6.81. The Kier molecular flexibility index (Phi) is 5.68. The topological polar surface area (TPSA) is 33.0 Å². The second-order valence-corrected chi connectivity index (χ2v) is 6.13. The molecule has 0 aliphatic heterocycles. The Morgan fingerprint density at radius 2 is 2.06 bits per heavy atom. The molecule has 0 heterocycles. The lowest BCUT2D eigenvalue weighted by Crippen LogP contribution is -2.08. The first-order valence-corrected chi connectivity index (χ1v) is 7.04. The number of unbranched alkanes of at least 4 members (excludes halogenated alkanes) is 1. The van der Waals surface area contributed by atoms with Crippen LogP contribution in [0.5, 0.6) is 5.75 Å². The predicted molar refractivity (Wildman–Crippen MR) is 77.6 cm³/mol. The van der Waals surface area contributed by atoms with E-state index in [1.165, 1.54) is 0 Å². The van der Waals surface area contributed by atoms with Crippen LogP contribution in [0, 0.1) is 23.7 Å². The van der Waals surface area contributed by atoms with Crippen molar-refractivity contribution in [2.75, 3.05) is 6.61 Å². The van der Waals surface area contributed by atoms with Crippen molar-refractivity contribution in [3.8, 4) is 11.8 Å². The Morgan fingerprint density at radius 3 is 2.67 bits per heavy atom. The molecular formula is C15H20BrNO. The van der Waals surface area contributed by atoms with Crippen LogP contribution < -0.4 is 4.74 Å². The van der Waals surface area contributed by atoms with Gasteiger partial charge < -0.3 is 4.74 Å². The predicted octanol–water partition coefficient (Wildman–Crippen LogP) is 4.86. The molecule has 0 unspecified atom stereocenters. The number of hydrogen-bond donors (Lipinski definition) is 0. The molecule has 1 aromatic rings. The molecule has 0 saturated carbocycles. The SMILES string of the molecule is Cc1cc(Br)ccc1OCCCCC(C)(C)C#N. The zero-order chi connectivity index (χ0) is 13.6. The summed E-state index contributed by atoms with van der Waals surface area (Å²) in [5, 5.41) is 8.91. The van der Waals surface area contributed by atoms with Crippen LogP contribution in [-0.2, 0) is 0 Å². The Morgan fingerprint density at radius 1 is 1.33 bits per heavy atom. The number of nitriles is 1. The number of benzene rings is 1. The smallest absolute Gasteiger partial charge is 0.122 e. The van der Waals surface area contributed by atoms with Gasteiger partial charge in [0.05, 0.1) is 18.1 Å². The molecule has 98 valence electrons. The van der Waals surface area contributed by atoms with E-state index in [0.717, 1.165) is 35.0 Å². The maximum Gasteiger partial charge on any atom is 0.122 e. The van der Waals surface area contributed by atoms with Gasteiger partial charge in [-0.3, -0.25) is 0 Å². The Labute approximate surface area is 118 Å². The van der Waals surface area contributed by atoms with Crippen LogP contribution in [0.25, 0.3) is 0 Å². The van der Waals surface area contributed by atoms with Gasteiger partial charge in [-0.15, -0.1) is 0 Å². The lowest BCUT2D eigenvalue weighted by Gasteiger charge is -2.14. The van der Waals surface area contributed by atoms with Gasteiger partial charge in [0, 0.05) is 4.47 Å². The third kappa shape index (κ3) is 5.10. The van der Waals surface area contributed by atoms with Crippen molar-refractivity contribution >= 4 is 15.9 Å². The van der Waals surface area contributed by atoms with Gasteiger partial charge >= 0.3 is 0 Å². The minimum atomic E-state index is -0.215. The average molecular weight is 310 g/mol. The number of halogens is 1. The molecule has 1 rings (SSSR count). The largest absolute Gasteiger partial charge is 0.493 e. The fourth-order valence-electron chi connectivity index (χ4n) is 1.68. The van der Waals surface area contributed by atoms with E-state index in [1.54, 1.807) is 0 Å². The van der Waals surface area contributed by atoms with Gasteiger partial charge in [0.2, 0.25) is 0 Å². The monoisotopic (exact) mass is 309 g/mol. The highest BCUT2D eigenvalue weighted by Gasteiger charge is 2.15. The average Bonchev–Trinajstić information content (AvgIpc) is 2.31. The van der Waals surface area contributed by atoms with Crippen molar-refractivity contribution in [2.24, 2.45) is 5.41 Å². The number of hydrogen-bond acceptors (Lipinski definition) is 2. The van der Waals surface area contributed by atoms with Gasteiger partial charge in [0.15, 0.2) is 0 Å². The molecule has 0 spiro atoms. The maximum absolute atomic E-state index is 8.91. The lowest BCUT2D eigenvalue weighted by atomic mass is 9.89. The van der Waals surface area contributed by atoms with Crippen molar-refractivity contribution in [1.82, 2.24) is 0 Å². The molecule has 0 aliphatic carbocycles. The lowest BCUT2D eigenvalue weighted by molar-refractivity contribution is 0.293. The van der Waals surface area contributed by atoms with E-state index in [-0.39, 0.29) is 5.41 Å². The van der Waals surface area contributed by atoms with Crippen molar-refractivity contribution in [3.63, 3.8) is 0 Å². The normalized spacial score (nSPS) is 11.1. The summed E-state index contributed by atoms with van der Waals surface area (Å²) in [4.78, 5) is 0. The summed E-state index contributed by atoms with van der Waals surface area (Å²) >= 11 is 3.43. The van der Waals surface area contributed by atoms with E-state index in [4.69, 9.17) is 10.00 Å². The molecule has 0 N–H and O–H groups in total. The first kappa shape index (κ1) is 15.0. The highest BCUT2D eigenvalue weighted by molar-refractivity contribution is 9.10. The molecule has 0 amide bonds. The minimum absolute atomic E-state index is 0.215. The van der Waals surface area contributed by atoms with E-state index in [1.807, 2.05) is 39.0 Å². The minimum Gasteiger partial charge on any atom is -0.493 e. The van der Waals surface area contributed by atoms with Gasteiger partial charge in [-0.1, -0.05) is 15.9 Å². The molecule has 18 heavy (non-hydrogen) atoms. The number of rotatable bonds is 6. The Bertz CT molecular complexity index is 435. The summed E-state index contributed by atoms with van der Waals surface area (Å²) in [5.74, 6) is 0.942. The van der Waals surface area contributed by atoms with E-state index in [0.29, 0.717) is 6.61 Å². The Balaban J connectivity index is 2.29. The van der Waals surface area contributed by atoms with Crippen molar-refractivity contribution in [2.45, 2.75) is 40.0 Å².